The summed E-state index contributed by atoms with van der Waals surface area (Å²) in [4.78, 5) is 25.0. The van der Waals surface area contributed by atoms with Crippen LogP contribution in [0.3, 0.4) is 0 Å². The monoisotopic (exact) mass is 418 g/mol. The fraction of sp³-hybridized carbons (Fsp3) is 0.368. The highest BCUT2D eigenvalue weighted by Gasteiger charge is 2.23. The molecular weight excluding hydrogens is 399 g/mol. The third kappa shape index (κ3) is 3.64. The van der Waals surface area contributed by atoms with Crippen molar-refractivity contribution >= 4 is 40.8 Å². The van der Waals surface area contributed by atoms with Gasteiger partial charge in [-0.1, -0.05) is 36.2 Å². The topological polar surface area (TPSA) is 66.6 Å². The maximum Gasteiger partial charge on any atom is 0.254 e. The van der Waals surface area contributed by atoms with Gasteiger partial charge in [-0.25, -0.2) is 4.98 Å². The number of anilines is 1. The van der Waals surface area contributed by atoms with Crippen LogP contribution < -0.4 is 4.90 Å². The normalized spacial score (nSPS) is 14.7. The number of carbonyl (C=O) groups excluding carboxylic acids is 1. The molecule has 0 N–H and O–H groups in total. The smallest absolute Gasteiger partial charge is 0.254 e. The molecule has 0 atom stereocenters. The lowest BCUT2D eigenvalue weighted by atomic mass is 10.1. The summed E-state index contributed by atoms with van der Waals surface area (Å²) >= 11 is 12.2. The zero-order valence-electron chi connectivity index (χ0n) is 15.5. The SMILES string of the molecule is CCCC(=O)N1CCN(c2nc3nccc(-c4ccc(Cl)c(Cl)c4)n3n2)CC1. The first-order chi connectivity index (χ1) is 13.6. The Balaban J connectivity index is 1.59. The van der Waals surface area contributed by atoms with E-state index in [1.807, 2.05) is 24.0 Å². The van der Waals surface area contributed by atoms with E-state index in [9.17, 15) is 4.79 Å². The van der Waals surface area contributed by atoms with Gasteiger partial charge in [0, 0.05) is 44.4 Å². The van der Waals surface area contributed by atoms with E-state index in [1.54, 1.807) is 22.8 Å². The van der Waals surface area contributed by atoms with Crippen LogP contribution in [-0.2, 0) is 4.79 Å². The molecule has 1 aliphatic heterocycles. The lowest BCUT2D eigenvalue weighted by molar-refractivity contribution is -0.131. The molecule has 0 unspecified atom stereocenters. The van der Waals surface area contributed by atoms with E-state index < -0.39 is 0 Å². The van der Waals surface area contributed by atoms with Gasteiger partial charge in [-0.3, -0.25) is 4.79 Å². The van der Waals surface area contributed by atoms with Crippen LogP contribution in [0.4, 0.5) is 5.95 Å². The van der Waals surface area contributed by atoms with Crippen molar-refractivity contribution in [2.75, 3.05) is 31.1 Å². The molecule has 1 aromatic carbocycles. The molecule has 1 aliphatic rings. The van der Waals surface area contributed by atoms with Crippen LogP contribution in [0.25, 0.3) is 17.0 Å². The molecule has 1 fully saturated rings. The zero-order chi connectivity index (χ0) is 19.7. The Morgan fingerprint density at radius 1 is 1.11 bits per heavy atom. The van der Waals surface area contributed by atoms with Gasteiger partial charge in [0.05, 0.1) is 15.7 Å². The molecule has 146 valence electrons. The Bertz CT molecular complexity index is 1010. The number of aromatic nitrogens is 4. The van der Waals surface area contributed by atoms with E-state index in [0.717, 1.165) is 17.7 Å². The summed E-state index contributed by atoms with van der Waals surface area (Å²) in [6.07, 6.45) is 3.17. The minimum Gasteiger partial charge on any atom is -0.339 e. The van der Waals surface area contributed by atoms with E-state index in [0.29, 0.717) is 54.4 Å². The molecule has 1 amide bonds. The van der Waals surface area contributed by atoms with Gasteiger partial charge in [0.2, 0.25) is 11.9 Å². The summed E-state index contributed by atoms with van der Waals surface area (Å²) in [5.41, 5.74) is 1.72. The average Bonchev–Trinajstić information content (AvgIpc) is 3.15. The van der Waals surface area contributed by atoms with E-state index >= 15 is 0 Å². The van der Waals surface area contributed by atoms with Gasteiger partial charge in [0.25, 0.3) is 5.78 Å². The van der Waals surface area contributed by atoms with Crippen LogP contribution in [0, 0.1) is 0 Å². The molecule has 0 aliphatic carbocycles. The van der Waals surface area contributed by atoms with Crippen molar-refractivity contribution in [1.82, 2.24) is 24.5 Å². The van der Waals surface area contributed by atoms with Crippen molar-refractivity contribution in [3.05, 3.63) is 40.5 Å². The van der Waals surface area contributed by atoms with Gasteiger partial charge >= 0.3 is 0 Å². The number of amides is 1. The Morgan fingerprint density at radius 3 is 2.61 bits per heavy atom. The summed E-state index contributed by atoms with van der Waals surface area (Å²) in [6.45, 7) is 4.79. The van der Waals surface area contributed by atoms with E-state index in [1.165, 1.54) is 0 Å². The summed E-state index contributed by atoms with van der Waals surface area (Å²) < 4.78 is 1.71. The van der Waals surface area contributed by atoms with Gasteiger partial charge in [0.15, 0.2) is 0 Å². The number of rotatable bonds is 4. The standard InChI is InChI=1S/C19H20Cl2N6O/c1-2-3-17(28)25-8-10-26(11-9-25)19-23-18-22-7-6-16(27(18)24-19)13-4-5-14(20)15(21)12-13/h4-7,12H,2-3,8-11H2,1H3. The highest BCUT2D eigenvalue weighted by molar-refractivity contribution is 6.42. The van der Waals surface area contributed by atoms with Crippen molar-refractivity contribution in [3.8, 4) is 11.3 Å². The lowest BCUT2D eigenvalue weighted by Crippen LogP contribution is -2.49. The minimum absolute atomic E-state index is 0.216. The number of carbonyl (C=O) groups is 1. The van der Waals surface area contributed by atoms with Crippen LogP contribution in [-0.4, -0.2) is 56.6 Å². The Hall–Kier alpha value is -2.38. The van der Waals surface area contributed by atoms with Crippen molar-refractivity contribution in [2.24, 2.45) is 0 Å². The van der Waals surface area contributed by atoms with Crippen LogP contribution in [0.2, 0.25) is 10.0 Å². The molecule has 0 bridgehead atoms. The molecule has 1 saturated heterocycles. The fourth-order valence-corrected chi connectivity index (χ4v) is 3.62. The number of nitrogens with zero attached hydrogens (tertiary/aromatic N) is 6. The average molecular weight is 419 g/mol. The maximum absolute atomic E-state index is 12.1. The molecule has 0 radical (unpaired) electrons. The van der Waals surface area contributed by atoms with Crippen molar-refractivity contribution < 1.29 is 4.79 Å². The number of halogens is 2. The second-order valence-corrected chi connectivity index (χ2v) is 7.51. The quantitative estimate of drug-likeness (QED) is 0.647. The summed E-state index contributed by atoms with van der Waals surface area (Å²) in [5.74, 6) is 1.35. The molecule has 4 rings (SSSR count). The largest absolute Gasteiger partial charge is 0.339 e. The Labute approximate surface area is 172 Å². The van der Waals surface area contributed by atoms with Crippen LogP contribution in [0.1, 0.15) is 19.8 Å². The molecule has 7 nitrogen and oxygen atoms in total. The highest BCUT2D eigenvalue weighted by atomic mass is 35.5. The van der Waals surface area contributed by atoms with Crippen LogP contribution in [0.15, 0.2) is 30.5 Å². The Kier molecular flexibility index (Phi) is 5.37. The molecule has 3 aromatic rings. The summed E-state index contributed by atoms with van der Waals surface area (Å²) in [7, 11) is 0. The van der Waals surface area contributed by atoms with Crippen LogP contribution >= 0.6 is 23.2 Å². The predicted molar refractivity (Wildman–Crippen MR) is 110 cm³/mol. The third-order valence-corrected chi connectivity index (χ3v) is 5.56. The van der Waals surface area contributed by atoms with Gasteiger partial charge in [-0.05, 0) is 24.6 Å². The van der Waals surface area contributed by atoms with E-state index in [4.69, 9.17) is 23.2 Å². The Morgan fingerprint density at radius 2 is 1.89 bits per heavy atom. The predicted octanol–water partition coefficient (Wildman–Crippen LogP) is 3.55. The molecule has 9 heteroatoms. The van der Waals surface area contributed by atoms with Gasteiger partial charge < -0.3 is 9.80 Å². The zero-order valence-corrected chi connectivity index (χ0v) is 17.0. The van der Waals surface area contributed by atoms with Crippen molar-refractivity contribution in [1.29, 1.82) is 0 Å². The minimum atomic E-state index is 0.216. The first-order valence-corrected chi connectivity index (χ1v) is 10.0. The second-order valence-electron chi connectivity index (χ2n) is 6.70. The number of hydrogen-bond donors (Lipinski definition) is 0. The molecule has 28 heavy (non-hydrogen) atoms. The number of piperazine rings is 1. The number of fused-ring (bicyclic) bond motifs is 1. The first kappa shape index (κ1) is 19.0. The summed E-state index contributed by atoms with van der Waals surface area (Å²) in [5, 5.41) is 5.65. The fourth-order valence-electron chi connectivity index (χ4n) is 3.32. The van der Waals surface area contributed by atoms with Crippen molar-refractivity contribution in [3.63, 3.8) is 0 Å². The van der Waals surface area contributed by atoms with E-state index in [-0.39, 0.29) is 5.91 Å². The van der Waals surface area contributed by atoms with Crippen LogP contribution in [0.5, 0.6) is 0 Å². The maximum atomic E-state index is 12.1. The molecule has 2 aromatic heterocycles. The molecule has 0 spiro atoms. The highest BCUT2D eigenvalue weighted by Crippen LogP contribution is 2.28. The molecular formula is C19H20Cl2N6O. The first-order valence-electron chi connectivity index (χ1n) is 9.26. The molecule has 0 saturated carbocycles. The second kappa shape index (κ2) is 7.93. The third-order valence-electron chi connectivity index (χ3n) is 4.82. The van der Waals surface area contributed by atoms with Gasteiger partial charge in [0.1, 0.15) is 0 Å². The van der Waals surface area contributed by atoms with Gasteiger partial charge in [-0.15, -0.1) is 5.10 Å². The van der Waals surface area contributed by atoms with Gasteiger partial charge in [-0.2, -0.15) is 9.50 Å². The number of benzene rings is 1. The van der Waals surface area contributed by atoms with Crippen molar-refractivity contribution in [2.45, 2.75) is 19.8 Å². The lowest BCUT2D eigenvalue weighted by Gasteiger charge is -2.34. The molecule has 3 heterocycles. The summed E-state index contributed by atoms with van der Waals surface area (Å²) in [6, 6.07) is 7.32. The van der Waals surface area contributed by atoms with E-state index in [2.05, 4.69) is 20.0 Å². The number of hydrogen-bond acceptors (Lipinski definition) is 5.